The SMILES string of the molecule is CCOC[C@@H](N)C(O)(CC)CC. The van der Waals surface area contributed by atoms with Crippen LogP contribution in [-0.2, 0) is 4.74 Å². The van der Waals surface area contributed by atoms with Gasteiger partial charge >= 0.3 is 0 Å². The number of ether oxygens (including phenoxy) is 1. The first-order valence-electron chi connectivity index (χ1n) is 4.66. The second-order valence-electron chi connectivity index (χ2n) is 3.08. The Hall–Kier alpha value is -0.120. The molecule has 0 bridgehead atoms. The highest BCUT2D eigenvalue weighted by atomic mass is 16.5. The molecule has 0 saturated heterocycles. The zero-order valence-electron chi connectivity index (χ0n) is 8.34. The molecule has 3 N–H and O–H groups in total. The van der Waals surface area contributed by atoms with E-state index in [0.717, 1.165) is 0 Å². The Morgan fingerprint density at radius 3 is 2.17 bits per heavy atom. The predicted octanol–water partition coefficient (Wildman–Crippen LogP) is 0.901. The molecular formula is C9H21NO2. The number of rotatable bonds is 6. The fraction of sp³-hybridized carbons (Fsp3) is 1.00. The van der Waals surface area contributed by atoms with Crippen LogP contribution in [0, 0.1) is 0 Å². The number of aliphatic hydroxyl groups is 1. The van der Waals surface area contributed by atoms with Crippen LogP contribution < -0.4 is 5.73 Å². The molecule has 0 rings (SSSR count). The summed E-state index contributed by atoms with van der Waals surface area (Å²) in [4.78, 5) is 0. The van der Waals surface area contributed by atoms with Crippen LogP contribution in [0.4, 0.5) is 0 Å². The Kier molecular flexibility index (Phi) is 5.46. The minimum absolute atomic E-state index is 0.271. The molecule has 3 heteroatoms. The van der Waals surface area contributed by atoms with E-state index in [1.54, 1.807) is 0 Å². The van der Waals surface area contributed by atoms with Gasteiger partial charge < -0.3 is 15.6 Å². The van der Waals surface area contributed by atoms with Crippen LogP contribution in [0.15, 0.2) is 0 Å². The summed E-state index contributed by atoms with van der Waals surface area (Å²) in [5.41, 5.74) is 5.03. The van der Waals surface area contributed by atoms with E-state index in [1.165, 1.54) is 0 Å². The lowest BCUT2D eigenvalue weighted by Gasteiger charge is -2.31. The van der Waals surface area contributed by atoms with E-state index in [2.05, 4.69) is 0 Å². The number of hydrogen-bond donors (Lipinski definition) is 2. The molecule has 0 aliphatic rings. The molecule has 0 radical (unpaired) electrons. The average molecular weight is 175 g/mol. The van der Waals surface area contributed by atoms with Crippen LogP contribution in [-0.4, -0.2) is 30.0 Å². The second-order valence-corrected chi connectivity index (χ2v) is 3.08. The predicted molar refractivity (Wildman–Crippen MR) is 50.0 cm³/mol. The van der Waals surface area contributed by atoms with Crippen molar-refractivity contribution >= 4 is 0 Å². The molecule has 0 aromatic rings. The summed E-state index contributed by atoms with van der Waals surface area (Å²) in [5.74, 6) is 0. The highest BCUT2D eigenvalue weighted by Gasteiger charge is 2.30. The Morgan fingerprint density at radius 1 is 1.33 bits per heavy atom. The van der Waals surface area contributed by atoms with Crippen LogP contribution in [0.25, 0.3) is 0 Å². The third-order valence-corrected chi connectivity index (χ3v) is 2.42. The van der Waals surface area contributed by atoms with Gasteiger partial charge in [-0.25, -0.2) is 0 Å². The maximum atomic E-state index is 9.92. The van der Waals surface area contributed by atoms with Crippen molar-refractivity contribution in [2.45, 2.75) is 45.3 Å². The zero-order valence-corrected chi connectivity index (χ0v) is 8.34. The van der Waals surface area contributed by atoms with E-state index >= 15 is 0 Å². The molecule has 0 unspecified atom stereocenters. The largest absolute Gasteiger partial charge is 0.388 e. The van der Waals surface area contributed by atoms with Gasteiger partial charge in [-0.2, -0.15) is 0 Å². The van der Waals surface area contributed by atoms with Gasteiger partial charge in [-0.15, -0.1) is 0 Å². The molecular weight excluding hydrogens is 154 g/mol. The van der Waals surface area contributed by atoms with E-state index in [0.29, 0.717) is 26.1 Å². The van der Waals surface area contributed by atoms with Crippen LogP contribution >= 0.6 is 0 Å². The van der Waals surface area contributed by atoms with Crippen molar-refractivity contribution in [3.8, 4) is 0 Å². The molecule has 12 heavy (non-hydrogen) atoms. The Bertz CT molecular complexity index is 113. The highest BCUT2D eigenvalue weighted by molar-refractivity contribution is 4.86. The summed E-state index contributed by atoms with van der Waals surface area (Å²) in [6, 6.07) is -0.271. The van der Waals surface area contributed by atoms with Gasteiger partial charge in [0.2, 0.25) is 0 Å². The summed E-state index contributed by atoms with van der Waals surface area (Å²) in [6.07, 6.45) is 1.36. The smallest absolute Gasteiger partial charge is 0.0815 e. The normalized spacial score (nSPS) is 14.8. The quantitative estimate of drug-likeness (QED) is 0.630. The van der Waals surface area contributed by atoms with Crippen LogP contribution in [0.1, 0.15) is 33.6 Å². The minimum Gasteiger partial charge on any atom is -0.388 e. The molecule has 0 heterocycles. The number of nitrogens with two attached hydrogens (primary N) is 1. The fourth-order valence-corrected chi connectivity index (χ4v) is 1.17. The molecule has 0 aromatic heterocycles. The van der Waals surface area contributed by atoms with Gasteiger partial charge in [0.25, 0.3) is 0 Å². The molecule has 0 amide bonds. The third-order valence-electron chi connectivity index (χ3n) is 2.42. The molecule has 0 saturated carbocycles. The number of hydrogen-bond acceptors (Lipinski definition) is 3. The highest BCUT2D eigenvalue weighted by Crippen LogP contribution is 2.18. The maximum Gasteiger partial charge on any atom is 0.0815 e. The fourth-order valence-electron chi connectivity index (χ4n) is 1.17. The minimum atomic E-state index is -0.755. The van der Waals surface area contributed by atoms with Gasteiger partial charge in [-0.1, -0.05) is 13.8 Å². The van der Waals surface area contributed by atoms with Crippen molar-refractivity contribution < 1.29 is 9.84 Å². The van der Waals surface area contributed by atoms with Gasteiger partial charge in [0, 0.05) is 6.61 Å². The maximum absolute atomic E-state index is 9.92. The van der Waals surface area contributed by atoms with Crippen molar-refractivity contribution in [2.24, 2.45) is 5.73 Å². The van der Waals surface area contributed by atoms with E-state index in [4.69, 9.17) is 10.5 Å². The van der Waals surface area contributed by atoms with Crippen molar-refractivity contribution in [1.82, 2.24) is 0 Å². The summed E-state index contributed by atoms with van der Waals surface area (Å²) in [7, 11) is 0. The lowest BCUT2D eigenvalue weighted by atomic mass is 9.90. The molecule has 0 fully saturated rings. The summed E-state index contributed by atoms with van der Waals surface area (Å²) in [5, 5.41) is 9.92. The van der Waals surface area contributed by atoms with Crippen molar-refractivity contribution in [3.63, 3.8) is 0 Å². The molecule has 0 aliphatic carbocycles. The van der Waals surface area contributed by atoms with E-state index in [1.807, 2.05) is 20.8 Å². The Labute approximate surface area is 74.9 Å². The molecule has 3 nitrogen and oxygen atoms in total. The van der Waals surface area contributed by atoms with E-state index in [-0.39, 0.29) is 6.04 Å². The lowest BCUT2D eigenvalue weighted by molar-refractivity contribution is -0.0234. The molecule has 0 aromatic carbocycles. The molecule has 0 aliphatic heterocycles. The van der Waals surface area contributed by atoms with Gasteiger partial charge in [0.15, 0.2) is 0 Å². The van der Waals surface area contributed by atoms with Crippen LogP contribution in [0.5, 0.6) is 0 Å². The molecule has 0 spiro atoms. The summed E-state index contributed by atoms with van der Waals surface area (Å²) < 4.78 is 5.16. The monoisotopic (exact) mass is 175 g/mol. The first-order valence-corrected chi connectivity index (χ1v) is 4.66. The van der Waals surface area contributed by atoms with Crippen LogP contribution in [0.2, 0.25) is 0 Å². The summed E-state index contributed by atoms with van der Waals surface area (Å²) >= 11 is 0. The van der Waals surface area contributed by atoms with E-state index < -0.39 is 5.60 Å². The topological polar surface area (TPSA) is 55.5 Å². The molecule has 1 atom stereocenters. The average Bonchev–Trinajstić information content (AvgIpc) is 2.12. The van der Waals surface area contributed by atoms with Gasteiger partial charge in [0.1, 0.15) is 0 Å². The third kappa shape index (κ3) is 3.09. The van der Waals surface area contributed by atoms with Gasteiger partial charge in [-0.3, -0.25) is 0 Å². The van der Waals surface area contributed by atoms with Gasteiger partial charge in [-0.05, 0) is 19.8 Å². The van der Waals surface area contributed by atoms with Crippen molar-refractivity contribution in [1.29, 1.82) is 0 Å². The second kappa shape index (κ2) is 5.51. The first kappa shape index (κ1) is 11.9. The first-order chi connectivity index (χ1) is 5.60. The zero-order chi connectivity index (χ0) is 9.61. The lowest BCUT2D eigenvalue weighted by Crippen LogP contribution is -2.50. The van der Waals surface area contributed by atoms with E-state index in [9.17, 15) is 5.11 Å². The standard InChI is InChI=1S/C9H21NO2/c1-4-9(11,5-2)8(10)7-12-6-3/h8,11H,4-7,10H2,1-3H3/t8-/m1/s1. The van der Waals surface area contributed by atoms with Crippen molar-refractivity contribution in [3.05, 3.63) is 0 Å². The van der Waals surface area contributed by atoms with Gasteiger partial charge in [0.05, 0.1) is 18.2 Å². The Balaban J connectivity index is 3.93. The Morgan fingerprint density at radius 2 is 1.83 bits per heavy atom. The van der Waals surface area contributed by atoms with Crippen molar-refractivity contribution in [2.75, 3.05) is 13.2 Å². The molecule has 74 valence electrons. The van der Waals surface area contributed by atoms with Crippen LogP contribution in [0.3, 0.4) is 0 Å². The summed E-state index contributed by atoms with van der Waals surface area (Å²) in [6.45, 7) is 6.89.